The van der Waals surface area contributed by atoms with E-state index in [0.29, 0.717) is 18.7 Å². The first-order valence-electron chi connectivity index (χ1n) is 10.8. The van der Waals surface area contributed by atoms with Gasteiger partial charge in [0.15, 0.2) is 0 Å². The van der Waals surface area contributed by atoms with Crippen molar-refractivity contribution in [2.24, 2.45) is 0 Å². The van der Waals surface area contributed by atoms with Gasteiger partial charge in [-0.05, 0) is 73.0 Å². The number of sulfonamides is 1. The molecule has 0 unspecified atom stereocenters. The van der Waals surface area contributed by atoms with Gasteiger partial charge in [0.25, 0.3) is 10.0 Å². The van der Waals surface area contributed by atoms with E-state index in [-0.39, 0.29) is 27.3 Å². The number of carbonyl (C=O) groups is 1. The van der Waals surface area contributed by atoms with Gasteiger partial charge in [0, 0.05) is 16.7 Å². The standard InChI is InChI=1S/C25H24BrClN2O5S/c1-16-4-8-23(34-3)24(12-16)35(31,32)29(19-6-9-22(33-2)20(27)14-19)15-25(30)28-11-10-17-13-18(26)5-7-21(17)28/h4-9,12-14H,10-11,15H2,1-3H3. The summed E-state index contributed by atoms with van der Waals surface area (Å²) in [6, 6.07) is 15.2. The summed E-state index contributed by atoms with van der Waals surface area (Å²) < 4.78 is 40.5. The number of rotatable bonds is 7. The van der Waals surface area contributed by atoms with Crippen molar-refractivity contribution in [3.8, 4) is 11.5 Å². The Labute approximate surface area is 218 Å². The number of amides is 1. The Bertz CT molecular complexity index is 1400. The van der Waals surface area contributed by atoms with Gasteiger partial charge in [0.1, 0.15) is 22.9 Å². The third kappa shape index (κ3) is 4.98. The Morgan fingerprint density at radius 1 is 1.06 bits per heavy atom. The van der Waals surface area contributed by atoms with Crippen LogP contribution >= 0.6 is 27.5 Å². The summed E-state index contributed by atoms with van der Waals surface area (Å²) >= 11 is 9.78. The Hall–Kier alpha value is -2.75. The Morgan fingerprint density at radius 2 is 1.77 bits per heavy atom. The van der Waals surface area contributed by atoms with Gasteiger partial charge in [-0.15, -0.1) is 0 Å². The molecule has 3 aromatic rings. The fourth-order valence-electron chi connectivity index (χ4n) is 4.07. The molecule has 0 radical (unpaired) electrons. The minimum Gasteiger partial charge on any atom is -0.495 e. The Kier molecular flexibility index (Phi) is 7.30. The Morgan fingerprint density at radius 3 is 2.46 bits per heavy atom. The van der Waals surface area contributed by atoms with Gasteiger partial charge in [0.05, 0.1) is 24.9 Å². The van der Waals surface area contributed by atoms with Gasteiger partial charge >= 0.3 is 0 Å². The zero-order valence-electron chi connectivity index (χ0n) is 19.4. The van der Waals surface area contributed by atoms with Crippen LogP contribution in [0.4, 0.5) is 11.4 Å². The largest absolute Gasteiger partial charge is 0.495 e. The maximum atomic E-state index is 14.0. The second-order valence-corrected chi connectivity index (χ2v) is 11.2. The normalized spacial score (nSPS) is 12.9. The van der Waals surface area contributed by atoms with Gasteiger partial charge in [-0.2, -0.15) is 0 Å². The van der Waals surface area contributed by atoms with Crippen LogP contribution in [-0.4, -0.2) is 41.6 Å². The molecule has 184 valence electrons. The van der Waals surface area contributed by atoms with Crippen molar-refractivity contribution < 1.29 is 22.7 Å². The molecule has 0 bridgehead atoms. The zero-order chi connectivity index (χ0) is 25.3. The average molecular weight is 580 g/mol. The van der Waals surface area contributed by atoms with Gasteiger partial charge in [-0.1, -0.05) is 33.6 Å². The van der Waals surface area contributed by atoms with E-state index in [0.717, 1.165) is 25.6 Å². The molecule has 0 aromatic heterocycles. The van der Waals surface area contributed by atoms with Gasteiger partial charge < -0.3 is 14.4 Å². The molecule has 0 atom stereocenters. The smallest absolute Gasteiger partial charge is 0.268 e. The number of carbonyl (C=O) groups excluding carboxylic acids is 1. The molecule has 10 heteroatoms. The molecule has 4 rings (SSSR count). The summed E-state index contributed by atoms with van der Waals surface area (Å²) in [5.41, 5.74) is 2.77. The van der Waals surface area contributed by atoms with Crippen molar-refractivity contribution in [3.63, 3.8) is 0 Å². The molecule has 0 saturated carbocycles. The number of methoxy groups -OCH3 is 2. The molecular formula is C25H24BrClN2O5S. The van der Waals surface area contributed by atoms with E-state index < -0.39 is 16.6 Å². The van der Waals surface area contributed by atoms with Crippen LogP contribution in [0.5, 0.6) is 11.5 Å². The van der Waals surface area contributed by atoms with Crippen molar-refractivity contribution in [3.05, 3.63) is 75.2 Å². The van der Waals surface area contributed by atoms with E-state index in [4.69, 9.17) is 21.1 Å². The number of fused-ring (bicyclic) bond motifs is 1. The predicted molar refractivity (Wildman–Crippen MR) is 140 cm³/mol. The summed E-state index contributed by atoms with van der Waals surface area (Å²) in [5, 5.41) is 0.227. The van der Waals surface area contributed by atoms with Crippen molar-refractivity contribution in [2.45, 2.75) is 18.2 Å². The number of aryl methyl sites for hydroxylation is 1. The van der Waals surface area contributed by atoms with E-state index in [1.54, 1.807) is 36.1 Å². The van der Waals surface area contributed by atoms with Crippen molar-refractivity contribution in [2.75, 3.05) is 36.5 Å². The molecule has 0 N–H and O–H groups in total. The molecular weight excluding hydrogens is 556 g/mol. The van der Waals surface area contributed by atoms with E-state index in [1.165, 1.54) is 26.4 Å². The minimum atomic E-state index is -4.21. The number of nitrogens with zero attached hydrogens (tertiary/aromatic N) is 2. The van der Waals surface area contributed by atoms with Gasteiger partial charge in [0.2, 0.25) is 5.91 Å². The molecule has 0 aliphatic carbocycles. The first-order valence-corrected chi connectivity index (χ1v) is 13.4. The highest BCUT2D eigenvalue weighted by atomic mass is 79.9. The molecule has 35 heavy (non-hydrogen) atoms. The minimum absolute atomic E-state index is 0.0366. The summed E-state index contributed by atoms with van der Waals surface area (Å²) in [7, 11) is -1.33. The van der Waals surface area contributed by atoms with Crippen LogP contribution in [-0.2, 0) is 21.2 Å². The average Bonchev–Trinajstić information content (AvgIpc) is 3.25. The molecule has 0 spiro atoms. The summed E-state index contributed by atoms with van der Waals surface area (Å²) in [6.45, 7) is 1.84. The molecule has 0 saturated heterocycles. The second-order valence-electron chi connectivity index (χ2n) is 8.05. The number of ether oxygens (including phenoxy) is 2. The SMILES string of the molecule is COc1ccc(N(CC(=O)N2CCc3cc(Br)ccc32)S(=O)(=O)c2cc(C)ccc2OC)cc1Cl. The molecule has 3 aromatic carbocycles. The van der Waals surface area contributed by atoms with E-state index in [2.05, 4.69) is 15.9 Å². The van der Waals surface area contributed by atoms with Crippen LogP contribution < -0.4 is 18.7 Å². The zero-order valence-corrected chi connectivity index (χ0v) is 22.6. The maximum Gasteiger partial charge on any atom is 0.268 e. The third-order valence-corrected chi connectivity index (χ3v) is 8.41. The van der Waals surface area contributed by atoms with Crippen LogP contribution in [0.25, 0.3) is 0 Å². The van der Waals surface area contributed by atoms with Crippen LogP contribution in [0.3, 0.4) is 0 Å². The number of anilines is 2. The fourth-order valence-corrected chi connectivity index (χ4v) is 6.38. The summed E-state index contributed by atoms with van der Waals surface area (Å²) in [5.74, 6) is 0.225. The van der Waals surface area contributed by atoms with Crippen LogP contribution in [0.1, 0.15) is 11.1 Å². The third-order valence-electron chi connectivity index (χ3n) is 5.83. The molecule has 1 aliphatic heterocycles. The van der Waals surface area contributed by atoms with Gasteiger partial charge in [-0.25, -0.2) is 8.42 Å². The molecule has 1 amide bonds. The molecule has 7 nitrogen and oxygen atoms in total. The maximum absolute atomic E-state index is 14.0. The van der Waals surface area contributed by atoms with Crippen molar-refractivity contribution in [1.82, 2.24) is 0 Å². The highest BCUT2D eigenvalue weighted by Crippen LogP contribution is 2.36. The van der Waals surface area contributed by atoms with Crippen molar-refractivity contribution in [1.29, 1.82) is 0 Å². The number of halogens is 2. The lowest BCUT2D eigenvalue weighted by Gasteiger charge is -2.28. The molecule has 1 aliphatic rings. The number of benzene rings is 3. The quantitative estimate of drug-likeness (QED) is 0.384. The summed E-state index contributed by atoms with van der Waals surface area (Å²) in [4.78, 5) is 15.1. The first-order chi connectivity index (χ1) is 16.6. The predicted octanol–water partition coefficient (Wildman–Crippen LogP) is 5.21. The lowest BCUT2D eigenvalue weighted by atomic mass is 10.2. The summed E-state index contributed by atoms with van der Waals surface area (Å²) in [6.07, 6.45) is 0.688. The van der Waals surface area contributed by atoms with E-state index in [9.17, 15) is 13.2 Å². The van der Waals surface area contributed by atoms with Crippen LogP contribution in [0.2, 0.25) is 5.02 Å². The highest BCUT2D eigenvalue weighted by molar-refractivity contribution is 9.10. The van der Waals surface area contributed by atoms with Gasteiger partial charge in [-0.3, -0.25) is 9.10 Å². The lowest BCUT2D eigenvalue weighted by Crippen LogP contribution is -2.42. The highest BCUT2D eigenvalue weighted by Gasteiger charge is 2.34. The van der Waals surface area contributed by atoms with E-state index >= 15 is 0 Å². The molecule has 1 heterocycles. The molecule has 0 fully saturated rings. The monoisotopic (exact) mass is 578 g/mol. The lowest BCUT2D eigenvalue weighted by molar-refractivity contribution is -0.117. The number of hydrogen-bond acceptors (Lipinski definition) is 5. The Balaban J connectivity index is 1.78. The van der Waals surface area contributed by atoms with Crippen LogP contribution in [0, 0.1) is 6.92 Å². The topological polar surface area (TPSA) is 76.2 Å². The van der Waals surface area contributed by atoms with E-state index in [1.807, 2.05) is 18.2 Å². The van der Waals surface area contributed by atoms with Crippen molar-refractivity contribution >= 4 is 54.8 Å². The fraction of sp³-hybridized carbons (Fsp3) is 0.240. The second kappa shape index (κ2) is 10.1. The van der Waals surface area contributed by atoms with Crippen LogP contribution in [0.15, 0.2) is 64.0 Å². The first kappa shape index (κ1) is 25.3. The number of hydrogen-bond donors (Lipinski definition) is 0.